The largest absolute Gasteiger partial charge is 0.490 e. The van der Waals surface area contributed by atoms with Crippen molar-refractivity contribution in [3.8, 4) is 5.75 Å². The molecule has 20 heavy (non-hydrogen) atoms. The highest BCUT2D eigenvalue weighted by molar-refractivity contribution is 6.37. The number of ketones is 1. The van der Waals surface area contributed by atoms with E-state index in [1.165, 1.54) is 0 Å². The Morgan fingerprint density at radius 2 is 1.75 bits per heavy atom. The normalized spacial score (nSPS) is 14.1. The first-order chi connectivity index (χ1) is 9.63. The van der Waals surface area contributed by atoms with Gasteiger partial charge >= 0.3 is 0 Å². The molecule has 4 heteroatoms. The Hall–Kier alpha value is -1.51. The second-order valence-electron chi connectivity index (χ2n) is 4.79. The first kappa shape index (κ1) is 13.5. The van der Waals surface area contributed by atoms with Gasteiger partial charge in [-0.2, -0.15) is 0 Å². The molecule has 0 bridgehead atoms. The van der Waals surface area contributed by atoms with Crippen LogP contribution >= 0.6 is 23.2 Å². The van der Waals surface area contributed by atoms with Gasteiger partial charge in [0.2, 0.25) is 0 Å². The monoisotopic (exact) mass is 306 g/mol. The summed E-state index contributed by atoms with van der Waals surface area (Å²) in [6.45, 7) is 0. The molecular weight excluding hydrogens is 295 g/mol. The van der Waals surface area contributed by atoms with Crippen molar-refractivity contribution in [2.45, 2.75) is 18.9 Å². The molecule has 0 N–H and O–H groups in total. The molecule has 0 amide bonds. The first-order valence-corrected chi connectivity index (χ1v) is 7.15. The molecule has 0 saturated heterocycles. The lowest BCUT2D eigenvalue weighted by molar-refractivity contribution is 0.103. The van der Waals surface area contributed by atoms with E-state index < -0.39 is 0 Å². The van der Waals surface area contributed by atoms with Gasteiger partial charge in [-0.3, -0.25) is 4.79 Å². The average Bonchev–Trinajstić information content (AvgIpc) is 3.23. The molecule has 0 unspecified atom stereocenters. The van der Waals surface area contributed by atoms with Crippen LogP contribution in [0.3, 0.4) is 0 Å². The molecule has 0 heterocycles. The molecule has 2 aromatic rings. The van der Waals surface area contributed by atoms with Gasteiger partial charge in [0, 0.05) is 16.1 Å². The summed E-state index contributed by atoms with van der Waals surface area (Å²) in [4.78, 5) is 12.4. The van der Waals surface area contributed by atoms with E-state index in [4.69, 9.17) is 27.9 Å². The Balaban J connectivity index is 1.82. The summed E-state index contributed by atoms with van der Waals surface area (Å²) >= 11 is 11.9. The van der Waals surface area contributed by atoms with Crippen LogP contribution in [0.2, 0.25) is 10.0 Å². The Kier molecular flexibility index (Phi) is 3.68. The van der Waals surface area contributed by atoms with Gasteiger partial charge < -0.3 is 4.74 Å². The zero-order valence-corrected chi connectivity index (χ0v) is 12.1. The summed E-state index contributed by atoms with van der Waals surface area (Å²) in [5.74, 6) is 0.677. The Morgan fingerprint density at radius 1 is 1.05 bits per heavy atom. The van der Waals surface area contributed by atoms with Gasteiger partial charge in [-0.05, 0) is 55.3 Å². The van der Waals surface area contributed by atoms with Crippen LogP contribution in [0.25, 0.3) is 0 Å². The molecule has 2 nitrogen and oxygen atoms in total. The number of rotatable bonds is 4. The quantitative estimate of drug-likeness (QED) is 0.761. The van der Waals surface area contributed by atoms with Gasteiger partial charge in [-0.25, -0.2) is 0 Å². The maximum absolute atomic E-state index is 12.4. The molecule has 0 aromatic heterocycles. The second-order valence-corrected chi connectivity index (χ2v) is 5.64. The van der Waals surface area contributed by atoms with Crippen molar-refractivity contribution < 1.29 is 9.53 Å². The van der Waals surface area contributed by atoms with Crippen LogP contribution in [-0.4, -0.2) is 11.9 Å². The Bertz CT molecular complexity index is 646. The van der Waals surface area contributed by atoms with E-state index >= 15 is 0 Å². The maximum Gasteiger partial charge on any atom is 0.194 e. The Morgan fingerprint density at radius 3 is 2.35 bits per heavy atom. The summed E-state index contributed by atoms with van der Waals surface area (Å²) in [6, 6.07) is 12.0. The van der Waals surface area contributed by atoms with Gasteiger partial charge in [0.1, 0.15) is 5.75 Å². The molecule has 1 aliphatic rings. The van der Waals surface area contributed by atoms with E-state index in [0.29, 0.717) is 27.3 Å². The fourth-order valence-electron chi connectivity index (χ4n) is 1.89. The summed E-state index contributed by atoms with van der Waals surface area (Å²) in [5, 5.41) is 0.875. The minimum absolute atomic E-state index is 0.121. The van der Waals surface area contributed by atoms with Crippen LogP contribution in [0.1, 0.15) is 28.8 Å². The van der Waals surface area contributed by atoms with Crippen LogP contribution in [0.4, 0.5) is 0 Å². The number of ether oxygens (including phenoxy) is 1. The van der Waals surface area contributed by atoms with Crippen molar-refractivity contribution in [3.63, 3.8) is 0 Å². The maximum atomic E-state index is 12.4. The van der Waals surface area contributed by atoms with Crippen LogP contribution in [0.5, 0.6) is 5.75 Å². The van der Waals surface area contributed by atoms with Crippen molar-refractivity contribution in [3.05, 3.63) is 63.6 Å². The number of benzene rings is 2. The number of halogens is 2. The topological polar surface area (TPSA) is 26.3 Å². The third-order valence-electron chi connectivity index (χ3n) is 3.12. The predicted molar refractivity (Wildman–Crippen MR) is 80.0 cm³/mol. The summed E-state index contributed by atoms with van der Waals surface area (Å²) in [6.07, 6.45) is 2.57. The molecule has 0 radical (unpaired) electrons. The smallest absolute Gasteiger partial charge is 0.194 e. The zero-order valence-electron chi connectivity index (χ0n) is 10.6. The third kappa shape index (κ3) is 2.97. The standard InChI is InChI=1S/C16H12Cl2O2/c17-11-3-8-14(15(18)9-11)16(19)10-1-4-12(5-2-10)20-13-6-7-13/h1-5,8-9,13H,6-7H2. The second kappa shape index (κ2) is 5.47. The SMILES string of the molecule is O=C(c1ccc(OC2CC2)cc1)c1ccc(Cl)cc1Cl. The van der Waals surface area contributed by atoms with Crippen molar-refractivity contribution in [2.75, 3.05) is 0 Å². The van der Waals surface area contributed by atoms with E-state index in [1.54, 1.807) is 30.3 Å². The van der Waals surface area contributed by atoms with Crippen molar-refractivity contribution in [1.82, 2.24) is 0 Å². The van der Waals surface area contributed by atoms with Gasteiger partial charge in [0.25, 0.3) is 0 Å². The molecule has 102 valence electrons. The number of hydrogen-bond acceptors (Lipinski definition) is 2. The molecule has 1 aliphatic carbocycles. The van der Waals surface area contributed by atoms with Crippen LogP contribution in [-0.2, 0) is 0 Å². The minimum Gasteiger partial charge on any atom is -0.490 e. The van der Waals surface area contributed by atoms with Gasteiger partial charge in [-0.1, -0.05) is 23.2 Å². The molecule has 0 atom stereocenters. The van der Waals surface area contributed by atoms with E-state index in [-0.39, 0.29) is 5.78 Å². The van der Waals surface area contributed by atoms with Crippen molar-refractivity contribution in [1.29, 1.82) is 0 Å². The molecular formula is C16H12Cl2O2. The highest BCUT2D eigenvalue weighted by atomic mass is 35.5. The lowest BCUT2D eigenvalue weighted by Gasteiger charge is -2.07. The molecule has 1 saturated carbocycles. The van der Waals surface area contributed by atoms with Crippen LogP contribution in [0, 0.1) is 0 Å². The van der Waals surface area contributed by atoms with E-state index in [1.807, 2.05) is 12.1 Å². The Labute approximate surface area is 127 Å². The average molecular weight is 307 g/mol. The summed E-state index contributed by atoms with van der Waals surface area (Å²) in [7, 11) is 0. The summed E-state index contributed by atoms with van der Waals surface area (Å²) in [5.41, 5.74) is 1.03. The van der Waals surface area contributed by atoms with Gasteiger partial charge in [0.05, 0.1) is 11.1 Å². The zero-order chi connectivity index (χ0) is 14.1. The molecule has 1 fully saturated rings. The molecule has 3 rings (SSSR count). The third-order valence-corrected chi connectivity index (χ3v) is 3.67. The molecule has 0 aliphatic heterocycles. The van der Waals surface area contributed by atoms with Gasteiger partial charge in [-0.15, -0.1) is 0 Å². The van der Waals surface area contributed by atoms with Crippen molar-refractivity contribution in [2.24, 2.45) is 0 Å². The number of carbonyl (C=O) groups is 1. The van der Waals surface area contributed by atoms with Crippen molar-refractivity contribution >= 4 is 29.0 Å². The number of carbonyl (C=O) groups excluding carboxylic acids is 1. The fraction of sp³-hybridized carbons (Fsp3) is 0.188. The first-order valence-electron chi connectivity index (χ1n) is 6.40. The van der Waals surface area contributed by atoms with Crippen LogP contribution in [0.15, 0.2) is 42.5 Å². The van der Waals surface area contributed by atoms with Crippen LogP contribution < -0.4 is 4.74 Å². The lowest BCUT2D eigenvalue weighted by Crippen LogP contribution is -2.02. The highest BCUT2D eigenvalue weighted by Gasteiger charge is 2.23. The van der Waals surface area contributed by atoms with Gasteiger partial charge in [0.15, 0.2) is 5.78 Å². The minimum atomic E-state index is -0.121. The number of hydrogen-bond donors (Lipinski definition) is 0. The fourth-order valence-corrected chi connectivity index (χ4v) is 2.39. The highest BCUT2D eigenvalue weighted by Crippen LogP contribution is 2.28. The van der Waals surface area contributed by atoms with E-state index in [0.717, 1.165) is 18.6 Å². The lowest BCUT2D eigenvalue weighted by atomic mass is 10.0. The predicted octanol–water partition coefficient (Wildman–Crippen LogP) is 4.77. The summed E-state index contributed by atoms with van der Waals surface area (Å²) < 4.78 is 5.65. The van der Waals surface area contributed by atoms with E-state index in [9.17, 15) is 4.79 Å². The molecule has 0 spiro atoms. The molecule has 2 aromatic carbocycles. The van der Waals surface area contributed by atoms with E-state index in [2.05, 4.69) is 0 Å².